The molecule has 2 rings (SSSR count). The van der Waals surface area contributed by atoms with E-state index >= 15 is 0 Å². The Kier molecular flexibility index (Phi) is 3.60. The number of carbonyl (C=O) groups excluding carboxylic acids is 1. The summed E-state index contributed by atoms with van der Waals surface area (Å²) in [6.07, 6.45) is 0. The molecule has 18 heavy (non-hydrogen) atoms. The van der Waals surface area contributed by atoms with Crippen LogP contribution in [0.5, 0.6) is 0 Å². The van der Waals surface area contributed by atoms with Crippen molar-refractivity contribution < 1.29 is 4.79 Å². The van der Waals surface area contributed by atoms with Crippen molar-refractivity contribution in [2.24, 2.45) is 0 Å². The van der Waals surface area contributed by atoms with Gasteiger partial charge in [0.1, 0.15) is 0 Å². The molecule has 1 nitrogen and oxygen atoms in total. The highest BCUT2D eigenvalue weighted by molar-refractivity contribution is 5.94. The summed E-state index contributed by atoms with van der Waals surface area (Å²) in [5, 5.41) is 0. The average molecular weight is 234 g/mol. The van der Waals surface area contributed by atoms with Crippen molar-refractivity contribution in [2.45, 2.75) is 13.8 Å². The number of ketones is 1. The van der Waals surface area contributed by atoms with Crippen molar-refractivity contribution in [1.29, 1.82) is 0 Å². The van der Waals surface area contributed by atoms with Crippen molar-refractivity contribution in [2.75, 3.05) is 0 Å². The van der Waals surface area contributed by atoms with Gasteiger partial charge in [-0.3, -0.25) is 4.79 Å². The Morgan fingerprint density at radius 1 is 0.889 bits per heavy atom. The predicted octanol–water partition coefficient (Wildman–Crippen LogP) is 3.93. The summed E-state index contributed by atoms with van der Waals surface area (Å²) in [6, 6.07) is 15.8. The third kappa shape index (κ3) is 2.67. The summed E-state index contributed by atoms with van der Waals surface area (Å²) in [5.74, 6) is 5.98. The zero-order valence-corrected chi connectivity index (χ0v) is 10.5. The highest BCUT2D eigenvalue weighted by Crippen LogP contribution is 2.20. The average Bonchev–Trinajstić information content (AvgIpc) is 2.40. The summed E-state index contributed by atoms with van der Waals surface area (Å²) in [4.78, 5) is 11.2. The lowest BCUT2D eigenvalue weighted by molar-refractivity contribution is 0.101. The Hall–Kier alpha value is -2.33. The van der Waals surface area contributed by atoms with E-state index in [0.717, 1.165) is 22.3 Å². The topological polar surface area (TPSA) is 17.1 Å². The van der Waals surface area contributed by atoms with Crippen molar-refractivity contribution in [1.82, 2.24) is 0 Å². The minimum atomic E-state index is 0.0927. The second kappa shape index (κ2) is 5.33. The van der Waals surface area contributed by atoms with Crippen LogP contribution >= 0.6 is 0 Å². The van der Waals surface area contributed by atoms with Crippen LogP contribution in [0.2, 0.25) is 0 Å². The summed E-state index contributed by atoms with van der Waals surface area (Å²) >= 11 is 0. The van der Waals surface area contributed by atoms with E-state index in [2.05, 4.69) is 11.8 Å². The Morgan fingerprint density at radius 3 is 1.83 bits per heavy atom. The Labute approximate surface area is 107 Å². The van der Waals surface area contributed by atoms with Crippen LogP contribution in [-0.2, 0) is 0 Å². The summed E-state index contributed by atoms with van der Waals surface area (Å²) < 4.78 is 0. The molecule has 88 valence electrons. The summed E-state index contributed by atoms with van der Waals surface area (Å²) in [7, 11) is 0. The van der Waals surface area contributed by atoms with E-state index in [1.807, 2.05) is 55.5 Å². The second-order valence-corrected chi connectivity index (χ2v) is 4.09. The molecule has 0 aliphatic rings. The van der Waals surface area contributed by atoms with Crippen LogP contribution in [-0.4, -0.2) is 5.78 Å². The number of hydrogen-bond acceptors (Lipinski definition) is 1. The molecule has 0 heterocycles. The highest BCUT2D eigenvalue weighted by Gasteiger charge is 2.00. The Morgan fingerprint density at radius 2 is 1.39 bits per heavy atom. The van der Waals surface area contributed by atoms with Crippen LogP contribution in [0.1, 0.15) is 29.8 Å². The van der Waals surface area contributed by atoms with Gasteiger partial charge in [0.25, 0.3) is 0 Å². The number of rotatable bonds is 2. The van der Waals surface area contributed by atoms with Crippen LogP contribution < -0.4 is 0 Å². The number of benzene rings is 2. The van der Waals surface area contributed by atoms with Gasteiger partial charge in [-0.1, -0.05) is 42.3 Å². The first-order valence-electron chi connectivity index (χ1n) is 5.85. The lowest BCUT2D eigenvalue weighted by atomic mass is 10.0. The molecular formula is C17H14O. The maximum Gasteiger partial charge on any atom is 0.159 e. The SMILES string of the molecule is CC#Cc1ccc(-c2ccc(C(C)=O)cc2)cc1. The fourth-order valence-electron chi connectivity index (χ4n) is 1.79. The molecule has 0 radical (unpaired) electrons. The van der Waals surface area contributed by atoms with Crippen LogP contribution in [0, 0.1) is 11.8 Å². The van der Waals surface area contributed by atoms with Crippen LogP contribution in [0.15, 0.2) is 48.5 Å². The molecule has 0 spiro atoms. The standard InChI is InChI=1S/C17H14O/c1-3-4-14-5-7-16(8-6-14)17-11-9-15(10-12-17)13(2)18/h5-12H,1-2H3. The van der Waals surface area contributed by atoms with Gasteiger partial charge in [0.2, 0.25) is 0 Å². The van der Waals surface area contributed by atoms with E-state index in [-0.39, 0.29) is 5.78 Å². The van der Waals surface area contributed by atoms with Gasteiger partial charge < -0.3 is 0 Å². The van der Waals surface area contributed by atoms with Crippen LogP contribution in [0.4, 0.5) is 0 Å². The van der Waals surface area contributed by atoms with Gasteiger partial charge >= 0.3 is 0 Å². The fraction of sp³-hybridized carbons (Fsp3) is 0.118. The highest BCUT2D eigenvalue weighted by atomic mass is 16.1. The third-order valence-electron chi connectivity index (χ3n) is 2.78. The fourth-order valence-corrected chi connectivity index (χ4v) is 1.79. The largest absolute Gasteiger partial charge is 0.295 e. The van der Waals surface area contributed by atoms with E-state index in [4.69, 9.17) is 0 Å². The molecule has 0 fully saturated rings. The molecular weight excluding hydrogens is 220 g/mol. The monoisotopic (exact) mass is 234 g/mol. The van der Waals surface area contributed by atoms with Gasteiger partial charge in [-0.25, -0.2) is 0 Å². The number of carbonyl (C=O) groups is 1. The molecule has 2 aromatic rings. The smallest absolute Gasteiger partial charge is 0.159 e. The number of hydrogen-bond donors (Lipinski definition) is 0. The summed E-state index contributed by atoms with van der Waals surface area (Å²) in [6.45, 7) is 3.40. The van der Waals surface area contributed by atoms with Gasteiger partial charge in [-0.15, -0.1) is 5.92 Å². The van der Waals surface area contributed by atoms with E-state index in [1.165, 1.54) is 0 Å². The zero-order chi connectivity index (χ0) is 13.0. The zero-order valence-electron chi connectivity index (χ0n) is 10.5. The Balaban J connectivity index is 2.30. The molecule has 0 aromatic heterocycles. The lowest BCUT2D eigenvalue weighted by Gasteiger charge is -2.03. The normalized spacial score (nSPS) is 9.44. The first kappa shape index (κ1) is 12.1. The molecule has 2 aromatic carbocycles. The lowest BCUT2D eigenvalue weighted by Crippen LogP contribution is -1.90. The second-order valence-electron chi connectivity index (χ2n) is 4.09. The first-order valence-corrected chi connectivity index (χ1v) is 5.85. The van der Waals surface area contributed by atoms with E-state index in [1.54, 1.807) is 6.92 Å². The Bertz CT molecular complexity index is 607. The van der Waals surface area contributed by atoms with Crippen LogP contribution in [0.25, 0.3) is 11.1 Å². The molecule has 0 aliphatic carbocycles. The quantitative estimate of drug-likeness (QED) is 0.568. The molecule has 0 aliphatic heterocycles. The number of Topliss-reactive ketones (excluding diaryl/α,β-unsaturated/α-hetero) is 1. The van der Waals surface area contributed by atoms with Crippen molar-refractivity contribution in [3.05, 3.63) is 59.7 Å². The van der Waals surface area contributed by atoms with Gasteiger partial charge in [-0.05, 0) is 37.1 Å². The van der Waals surface area contributed by atoms with Gasteiger partial charge in [0.15, 0.2) is 5.78 Å². The molecule has 0 bridgehead atoms. The molecule has 0 amide bonds. The molecule has 0 atom stereocenters. The minimum Gasteiger partial charge on any atom is -0.295 e. The molecule has 0 saturated carbocycles. The van der Waals surface area contributed by atoms with Crippen molar-refractivity contribution in [3.8, 4) is 23.0 Å². The third-order valence-corrected chi connectivity index (χ3v) is 2.78. The first-order chi connectivity index (χ1) is 8.70. The van der Waals surface area contributed by atoms with Gasteiger partial charge in [0.05, 0.1) is 0 Å². The van der Waals surface area contributed by atoms with Gasteiger partial charge in [-0.2, -0.15) is 0 Å². The van der Waals surface area contributed by atoms with E-state index in [0.29, 0.717) is 0 Å². The molecule has 0 N–H and O–H groups in total. The van der Waals surface area contributed by atoms with E-state index in [9.17, 15) is 4.79 Å². The molecule has 1 heteroatoms. The van der Waals surface area contributed by atoms with Gasteiger partial charge in [0, 0.05) is 11.1 Å². The maximum atomic E-state index is 11.2. The van der Waals surface area contributed by atoms with Crippen molar-refractivity contribution in [3.63, 3.8) is 0 Å². The maximum absolute atomic E-state index is 11.2. The van der Waals surface area contributed by atoms with E-state index < -0.39 is 0 Å². The van der Waals surface area contributed by atoms with Crippen LogP contribution in [0.3, 0.4) is 0 Å². The minimum absolute atomic E-state index is 0.0927. The molecule has 0 saturated heterocycles. The molecule has 0 unspecified atom stereocenters. The van der Waals surface area contributed by atoms with Crippen molar-refractivity contribution >= 4 is 5.78 Å². The summed E-state index contributed by atoms with van der Waals surface area (Å²) in [5.41, 5.74) is 4.00. The predicted molar refractivity (Wildman–Crippen MR) is 74.4 cm³/mol.